The monoisotopic (exact) mass is 245 g/mol. The van der Waals surface area contributed by atoms with E-state index in [-0.39, 0.29) is 6.54 Å². The van der Waals surface area contributed by atoms with Gasteiger partial charge in [-0.05, 0) is 25.3 Å². The normalized spacial score (nSPS) is 16.8. The number of carboxylic acids is 1. The van der Waals surface area contributed by atoms with Crippen molar-refractivity contribution in [1.82, 2.24) is 4.90 Å². The number of nitrogens with zero attached hydrogens (tertiary/aromatic N) is 1. The van der Waals surface area contributed by atoms with E-state index in [2.05, 4.69) is 20.8 Å². The molecule has 2 N–H and O–H groups in total. The lowest BCUT2D eigenvalue weighted by Crippen LogP contribution is -2.37. The zero-order chi connectivity index (χ0) is 13.4. The summed E-state index contributed by atoms with van der Waals surface area (Å²) in [5.74, 6) is 0.140. The van der Waals surface area contributed by atoms with Crippen LogP contribution in [0.15, 0.2) is 0 Å². The maximum absolute atomic E-state index is 10.6. The van der Waals surface area contributed by atoms with Crippen molar-refractivity contribution in [2.75, 3.05) is 13.6 Å². The van der Waals surface area contributed by atoms with E-state index in [4.69, 9.17) is 5.11 Å². The Bertz CT molecular complexity index is 221. The van der Waals surface area contributed by atoms with Gasteiger partial charge in [0.1, 0.15) is 6.23 Å². The standard InChI is InChI=1S/C13H27NO3/c1-5-7-11(10(3)6-2)8-12(15)14(4)9-13(16)17/h10-12,15H,5-9H2,1-4H3,(H,16,17). The van der Waals surface area contributed by atoms with Crippen molar-refractivity contribution >= 4 is 5.97 Å². The van der Waals surface area contributed by atoms with Gasteiger partial charge in [0.15, 0.2) is 0 Å². The molecule has 0 aliphatic carbocycles. The van der Waals surface area contributed by atoms with Gasteiger partial charge in [-0.1, -0.05) is 40.0 Å². The Morgan fingerprint density at radius 1 is 1.35 bits per heavy atom. The highest BCUT2D eigenvalue weighted by atomic mass is 16.4. The summed E-state index contributed by atoms with van der Waals surface area (Å²) in [7, 11) is 1.65. The third-order valence-corrected chi connectivity index (χ3v) is 3.52. The third-order valence-electron chi connectivity index (χ3n) is 3.52. The molecule has 3 atom stereocenters. The van der Waals surface area contributed by atoms with Crippen molar-refractivity contribution in [2.24, 2.45) is 11.8 Å². The lowest BCUT2D eigenvalue weighted by Gasteiger charge is -2.29. The molecule has 0 amide bonds. The van der Waals surface area contributed by atoms with E-state index in [1.54, 1.807) is 7.05 Å². The molecule has 102 valence electrons. The second-order valence-electron chi connectivity index (χ2n) is 4.96. The number of aliphatic carboxylic acids is 1. The van der Waals surface area contributed by atoms with Crippen molar-refractivity contribution in [3.8, 4) is 0 Å². The van der Waals surface area contributed by atoms with Gasteiger partial charge in [-0.3, -0.25) is 9.69 Å². The summed E-state index contributed by atoms with van der Waals surface area (Å²) in [4.78, 5) is 12.1. The van der Waals surface area contributed by atoms with Crippen LogP contribution >= 0.6 is 0 Å². The van der Waals surface area contributed by atoms with Crippen LogP contribution in [0.1, 0.15) is 46.5 Å². The Morgan fingerprint density at radius 2 is 1.94 bits per heavy atom. The maximum Gasteiger partial charge on any atom is 0.317 e. The number of rotatable bonds is 9. The summed E-state index contributed by atoms with van der Waals surface area (Å²) in [6.45, 7) is 6.38. The molecular formula is C13H27NO3. The maximum atomic E-state index is 10.6. The van der Waals surface area contributed by atoms with Gasteiger partial charge in [0.05, 0.1) is 6.54 Å². The fourth-order valence-corrected chi connectivity index (χ4v) is 2.11. The molecule has 0 aromatic rings. The van der Waals surface area contributed by atoms with E-state index in [9.17, 15) is 9.90 Å². The van der Waals surface area contributed by atoms with E-state index >= 15 is 0 Å². The molecule has 3 unspecified atom stereocenters. The summed E-state index contributed by atoms with van der Waals surface area (Å²) in [5.41, 5.74) is 0. The summed E-state index contributed by atoms with van der Waals surface area (Å²) in [5, 5.41) is 18.6. The van der Waals surface area contributed by atoms with Crippen LogP contribution in [0.3, 0.4) is 0 Å². The predicted molar refractivity (Wildman–Crippen MR) is 68.7 cm³/mol. The first-order valence-corrected chi connectivity index (χ1v) is 6.52. The van der Waals surface area contributed by atoms with E-state index in [1.807, 2.05) is 0 Å². The van der Waals surface area contributed by atoms with Crippen LogP contribution in [0.2, 0.25) is 0 Å². The Morgan fingerprint density at radius 3 is 2.35 bits per heavy atom. The Balaban J connectivity index is 4.27. The van der Waals surface area contributed by atoms with Gasteiger partial charge in [0.25, 0.3) is 0 Å². The molecule has 0 saturated carbocycles. The Labute approximate surface area is 105 Å². The van der Waals surface area contributed by atoms with Gasteiger partial charge >= 0.3 is 5.97 Å². The van der Waals surface area contributed by atoms with Crippen molar-refractivity contribution in [3.63, 3.8) is 0 Å². The van der Waals surface area contributed by atoms with Crippen molar-refractivity contribution in [3.05, 3.63) is 0 Å². The zero-order valence-corrected chi connectivity index (χ0v) is 11.5. The van der Waals surface area contributed by atoms with Crippen molar-refractivity contribution in [2.45, 2.75) is 52.7 Å². The van der Waals surface area contributed by atoms with E-state index < -0.39 is 12.2 Å². The number of hydrogen-bond donors (Lipinski definition) is 2. The number of aliphatic hydroxyl groups is 1. The molecule has 0 aromatic heterocycles. The average Bonchev–Trinajstić information content (AvgIpc) is 2.26. The largest absolute Gasteiger partial charge is 0.480 e. The van der Waals surface area contributed by atoms with E-state index in [0.29, 0.717) is 18.3 Å². The second kappa shape index (κ2) is 8.48. The molecular weight excluding hydrogens is 218 g/mol. The molecule has 0 aliphatic heterocycles. The van der Waals surface area contributed by atoms with Gasteiger partial charge in [-0.15, -0.1) is 0 Å². The highest BCUT2D eigenvalue weighted by molar-refractivity contribution is 5.69. The van der Waals surface area contributed by atoms with Crippen LogP contribution in [0.25, 0.3) is 0 Å². The van der Waals surface area contributed by atoms with E-state index in [0.717, 1.165) is 19.3 Å². The number of aliphatic hydroxyl groups excluding tert-OH is 1. The topological polar surface area (TPSA) is 60.8 Å². The van der Waals surface area contributed by atoms with Gasteiger partial charge < -0.3 is 10.2 Å². The highest BCUT2D eigenvalue weighted by Crippen LogP contribution is 2.25. The Hall–Kier alpha value is -0.610. The first kappa shape index (κ1) is 16.4. The number of hydrogen-bond acceptors (Lipinski definition) is 3. The van der Waals surface area contributed by atoms with Crippen LogP contribution in [-0.4, -0.2) is 40.9 Å². The number of likely N-dealkylation sites (N-methyl/N-ethyl adjacent to an activating group) is 1. The molecule has 17 heavy (non-hydrogen) atoms. The molecule has 0 rings (SSSR count). The molecule has 0 aromatic carbocycles. The molecule has 0 radical (unpaired) electrons. The number of carbonyl (C=O) groups is 1. The molecule has 0 heterocycles. The number of carboxylic acid groups (broad SMARTS) is 1. The molecule has 4 nitrogen and oxygen atoms in total. The first-order valence-electron chi connectivity index (χ1n) is 6.52. The van der Waals surface area contributed by atoms with Gasteiger partial charge in [-0.2, -0.15) is 0 Å². The molecule has 4 heteroatoms. The second-order valence-corrected chi connectivity index (χ2v) is 4.96. The van der Waals surface area contributed by atoms with Crippen molar-refractivity contribution < 1.29 is 15.0 Å². The zero-order valence-electron chi connectivity index (χ0n) is 11.5. The lowest BCUT2D eigenvalue weighted by molar-refractivity contribution is -0.141. The average molecular weight is 245 g/mol. The molecule has 0 spiro atoms. The molecule has 0 saturated heterocycles. The summed E-state index contributed by atoms with van der Waals surface area (Å²) >= 11 is 0. The Kier molecular flexibility index (Phi) is 8.17. The predicted octanol–water partition coefficient (Wildman–Crippen LogP) is 2.17. The minimum Gasteiger partial charge on any atom is -0.480 e. The van der Waals surface area contributed by atoms with Crippen LogP contribution in [0, 0.1) is 11.8 Å². The third kappa shape index (κ3) is 6.64. The quantitative estimate of drug-likeness (QED) is 0.611. The summed E-state index contributed by atoms with van der Waals surface area (Å²) in [6, 6.07) is 0. The SMILES string of the molecule is CCCC(CC(O)N(C)CC(=O)O)C(C)CC. The van der Waals surface area contributed by atoms with E-state index in [1.165, 1.54) is 4.90 Å². The van der Waals surface area contributed by atoms with Gasteiger partial charge in [0, 0.05) is 0 Å². The summed E-state index contributed by atoms with van der Waals surface area (Å²) < 4.78 is 0. The van der Waals surface area contributed by atoms with Gasteiger partial charge in [0.2, 0.25) is 0 Å². The molecule has 0 aliphatic rings. The molecule has 0 fully saturated rings. The van der Waals surface area contributed by atoms with Crippen LogP contribution < -0.4 is 0 Å². The first-order chi connectivity index (χ1) is 7.92. The fourth-order valence-electron chi connectivity index (χ4n) is 2.11. The smallest absolute Gasteiger partial charge is 0.317 e. The minimum atomic E-state index is -0.901. The van der Waals surface area contributed by atoms with Crippen LogP contribution in [0.5, 0.6) is 0 Å². The van der Waals surface area contributed by atoms with Crippen LogP contribution in [0.4, 0.5) is 0 Å². The molecule has 0 bridgehead atoms. The summed E-state index contributed by atoms with van der Waals surface area (Å²) in [6.07, 6.45) is 3.29. The van der Waals surface area contributed by atoms with Crippen molar-refractivity contribution in [1.29, 1.82) is 0 Å². The van der Waals surface area contributed by atoms with Gasteiger partial charge in [-0.25, -0.2) is 0 Å². The fraction of sp³-hybridized carbons (Fsp3) is 0.923. The highest BCUT2D eigenvalue weighted by Gasteiger charge is 2.22. The van der Waals surface area contributed by atoms with Crippen LogP contribution in [-0.2, 0) is 4.79 Å². The lowest BCUT2D eigenvalue weighted by atomic mass is 9.85. The minimum absolute atomic E-state index is 0.111.